The van der Waals surface area contributed by atoms with Crippen LogP contribution in [0.4, 0.5) is 0 Å². The lowest BCUT2D eigenvalue weighted by Crippen LogP contribution is -2.35. The number of primary sulfonamides is 1. The third kappa shape index (κ3) is 5.73. The van der Waals surface area contributed by atoms with E-state index in [1.54, 1.807) is 18.2 Å². The van der Waals surface area contributed by atoms with Crippen molar-refractivity contribution in [2.24, 2.45) is 5.14 Å². The number of H-pyrrole nitrogens is 1. The van der Waals surface area contributed by atoms with E-state index in [9.17, 15) is 22.8 Å². The Balaban J connectivity index is 1.43. The number of sulfonamides is 1. The standard InChI is InChI=1S/C25H24N4O5S/c26-35(33,34)20-9-6-18(7-10-20)12-14-27-23(30)19-8-11-21-22(16-19)28-25(32)29(24(21)31)15-13-17-4-2-1-3-5-17/h1-11,16H,12-15H2,(H,27,30)(H,28,32)(H2,26,33,34). The minimum Gasteiger partial charge on any atom is -0.352 e. The molecule has 0 saturated heterocycles. The molecule has 0 fully saturated rings. The highest BCUT2D eigenvalue weighted by Crippen LogP contribution is 2.11. The fourth-order valence-corrected chi connectivity index (χ4v) is 4.27. The predicted molar refractivity (Wildman–Crippen MR) is 133 cm³/mol. The topological polar surface area (TPSA) is 144 Å². The van der Waals surface area contributed by atoms with Crippen molar-refractivity contribution in [1.82, 2.24) is 14.9 Å². The molecule has 0 aliphatic carbocycles. The van der Waals surface area contributed by atoms with Crippen molar-refractivity contribution in [3.05, 3.63) is 110 Å². The lowest BCUT2D eigenvalue weighted by molar-refractivity contribution is 0.0954. The van der Waals surface area contributed by atoms with E-state index in [1.807, 2.05) is 30.3 Å². The van der Waals surface area contributed by atoms with Crippen LogP contribution >= 0.6 is 0 Å². The zero-order chi connectivity index (χ0) is 25.0. The fourth-order valence-electron chi connectivity index (χ4n) is 3.75. The molecule has 1 heterocycles. The normalized spacial score (nSPS) is 11.5. The average Bonchev–Trinajstić information content (AvgIpc) is 2.84. The molecule has 0 aliphatic rings. The van der Waals surface area contributed by atoms with E-state index in [1.165, 1.54) is 24.3 Å². The Hall–Kier alpha value is -4.02. The summed E-state index contributed by atoms with van der Waals surface area (Å²) in [6.45, 7) is 0.553. The number of aryl methyl sites for hydroxylation is 1. The van der Waals surface area contributed by atoms with Gasteiger partial charge in [0, 0.05) is 18.7 Å². The molecule has 0 spiro atoms. The van der Waals surface area contributed by atoms with E-state index < -0.39 is 21.3 Å². The molecule has 0 bridgehead atoms. The Morgan fingerprint density at radius 3 is 2.29 bits per heavy atom. The van der Waals surface area contributed by atoms with Crippen LogP contribution in [0.1, 0.15) is 21.5 Å². The van der Waals surface area contributed by atoms with E-state index >= 15 is 0 Å². The summed E-state index contributed by atoms with van der Waals surface area (Å²) in [5.41, 5.74) is 1.51. The Bertz CT molecular complexity index is 1590. The van der Waals surface area contributed by atoms with Gasteiger partial charge >= 0.3 is 5.69 Å². The minimum atomic E-state index is -3.75. The van der Waals surface area contributed by atoms with Gasteiger partial charge in [-0.2, -0.15) is 0 Å². The number of aromatic amines is 1. The molecule has 0 unspecified atom stereocenters. The number of aromatic nitrogens is 2. The second kappa shape index (κ2) is 10.1. The van der Waals surface area contributed by atoms with Gasteiger partial charge in [-0.25, -0.2) is 18.4 Å². The third-order valence-corrected chi connectivity index (χ3v) is 6.59. The number of benzene rings is 3. The van der Waals surface area contributed by atoms with Gasteiger partial charge in [-0.1, -0.05) is 42.5 Å². The third-order valence-electron chi connectivity index (χ3n) is 5.66. The first-order valence-corrected chi connectivity index (χ1v) is 12.5. The molecule has 4 aromatic rings. The minimum absolute atomic E-state index is 0.0228. The monoisotopic (exact) mass is 492 g/mol. The highest BCUT2D eigenvalue weighted by molar-refractivity contribution is 7.89. The van der Waals surface area contributed by atoms with Crippen LogP contribution in [0.3, 0.4) is 0 Å². The van der Waals surface area contributed by atoms with Gasteiger partial charge in [0.15, 0.2) is 0 Å². The zero-order valence-electron chi connectivity index (χ0n) is 18.7. The van der Waals surface area contributed by atoms with Crippen molar-refractivity contribution in [1.29, 1.82) is 0 Å². The molecular formula is C25H24N4O5S. The Labute approximate surface area is 201 Å². The van der Waals surface area contributed by atoms with Crippen molar-refractivity contribution < 1.29 is 13.2 Å². The summed E-state index contributed by atoms with van der Waals surface area (Å²) in [6, 6.07) is 20.2. The summed E-state index contributed by atoms with van der Waals surface area (Å²) in [7, 11) is -3.75. The molecule has 9 nitrogen and oxygen atoms in total. The number of carbonyl (C=O) groups is 1. The number of rotatable bonds is 8. The van der Waals surface area contributed by atoms with Gasteiger partial charge in [0.25, 0.3) is 11.5 Å². The van der Waals surface area contributed by atoms with Crippen LogP contribution in [0.5, 0.6) is 0 Å². The van der Waals surface area contributed by atoms with Gasteiger partial charge in [0.05, 0.1) is 15.8 Å². The first kappa shape index (κ1) is 24.1. The quantitative estimate of drug-likeness (QED) is 0.342. The van der Waals surface area contributed by atoms with Gasteiger partial charge in [-0.05, 0) is 54.3 Å². The van der Waals surface area contributed by atoms with Crippen LogP contribution in [0.15, 0.2) is 87.3 Å². The number of carbonyl (C=O) groups excluding carboxylic acids is 1. The largest absolute Gasteiger partial charge is 0.352 e. The molecule has 3 aromatic carbocycles. The molecule has 1 aromatic heterocycles. The maximum Gasteiger partial charge on any atom is 0.328 e. The highest BCUT2D eigenvalue weighted by Gasteiger charge is 2.12. The van der Waals surface area contributed by atoms with E-state index in [0.29, 0.717) is 35.9 Å². The molecule has 0 atom stereocenters. The van der Waals surface area contributed by atoms with Crippen LogP contribution in [-0.4, -0.2) is 30.4 Å². The van der Waals surface area contributed by atoms with E-state index in [2.05, 4.69) is 10.3 Å². The van der Waals surface area contributed by atoms with Crippen LogP contribution < -0.4 is 21.7 Å². The molecule has 10 heteroatoms. The van der Waals surface area contributed by atoms with Gasteiger partial charge in [-0.3, -0.25) is 14.2 Å². The Morgan fingerprint density at radius 1 is 0.914 bits per heavy atom. The van der Waals surface area contributed by atoms with Crippen molar-refractivity contribution in [3.8, 4) is 0 Å². The van der Waals surface area contributed by atoms with E-state index in [0.717, 1.165) is 15.7 Å². The summed E-state index contributed by atoms with van der Waals surface area (Å²) in [5, 5.41) is 8.19. The predicted octanol–water partition coefficient (Wildman–Crippen LogP) is 1.55. The summed E-state index contributed by atoms with van der Waals surface area (Å²) in [4.78, 5) is 40.7. The molecule has 4 N–H and O–H groups in total. The molecule has 0 saturated carbocycles. The second-order valence-electron chi connectivity index (χ2n) is 8.08. The molecule has 35 heavy (non-hydrogen) atoms. The smallest absolute Gasteiger partial charge is 0.328 e. The second-order valence-corrected chi connectivity index (χ2v) is 9.64. The highest BCUT2D eigenvalue weighted by atomic mass is 32.2. The Morgan fingerprint density at radius 2 is 1.60 bits per heavy atom. The van der Waals surface area contributed by atoms with Crippen molar-refractivity contribution in [3.63, 3.8) is 0 Å². The van der Waals surface area contributed by atoms with E-state index in [4.69, 9.17) is 5.14 Å². The number of fused-ring (bicyclic) bond motifs is 1. The molecule has 4 rings (SSSR count). The maximum atomic E-state index is 12.9. The van der Waals surface area contributed by atoms with Gasteiger partial charge in [0.2, 0.25) is 10.0 Å². The summed E-state index contributed by atoms with van der Waals surface area (Å²) < 4.78 is 23.8. The van der Waals surface area contributed by atoms with Crippen LogP contribution in [0.2, 0.25) is 0 Å². The van der Waals surface area contributed by atoms with E-state index in [-0.39, 0.29) is 17.3 Å². The number of nitrogens with zero attached hydrogens (tertiary/aromatic N) is 1. The number of nitrogens with two attached hydrogens (primary N) is 1. The average molecular weight is 493 g/mol. The maximum absolute atomic E-state index is 12.9. The molecule has 180 valence electrons. The molecule has 0 aliphatic heterocycles. The summed E-state index contributed by atoms with van der Waals surface area (Å²) in [5.74, 6) is -0.359. The number of hydrogen-bond donors (Lipinski definition) is 3. The van der Waals surface area contributed by atoms with Crippen molar-refractivity contribution in [2.75, 3.05) is 6.54 Å². The summed E-state index contributed by atoms with van der Waals surface area (Å²) >= 11 is 0. The number of amides is 1. The molecule has 1 amide bonds. The number of nitrogens with one attached hydrogen (secondary N) is 2. The first-order valence-electron chi connectivity index (χ1n) is 10.9. The lowest BCUT2D eigenvalue weighted by atomic mass is 10.1. The first-order chi connectivity index (χ1) is 16.7. The van der Waals surface area contributed by atoms with Crippen molar-refractivity contribution in [2.45, 2.75) is 24.3 Å². The molecule has 0 radical (unpaired) electrons. The zero-order valence-corrected chi connectivity index (χ0v) is 19.5. The van der Waals surface area contributed by atoms with Crippen molar-refractivity contribution >= 4 is 26.8 Å². The lowest BCUT2D eigenvalue weighted by Gasteiger charge is -2.09. The molecular weight excluding hydrogens is 468 g/mol. The number of hydrogen-bond acceptors (Lipinski definition) is 5. The van der Waals surface area contributed by atoms with Crippen LogP contribution in [-0.2, 0) is 29.4 Å². The summed E-state index contributed by atoms with van der Waals surface area (Å²) in [6.07, 6.45) is 1.02. The fraction of sp³-hybridized carbons (Fsp3) is 0.160. The van der Waals surface area contributed by atoms with Gasteiger partial charge in [-0.15, -0.1) is 0 Å². The van der Waals surface area contributed by atoms with Crippen LogP contribution in [0.25, 0.3) is 10.9 Å². The SMILES string of the molecule is NS(=O)(=O)c1ccc(CCNC(=O)c2ccc3c(=O)n(CCc4ccccc4)c(=O)[nH]c3c2)cc1. The van der Waals surface area contributed by atoms with Crippen LogP contribution in [0, 0.1) is 0 Å². The Kier molecular flexibility index (Phi) is 6.94. The van der Waals surface area contributed by atoms with Gasteiger partial charge < -0.3 is 10.3 Å². The van der Waals surface area contributed by atoms with Gasteiger partial charge in [0.1, 0.15) is 0 Å².